The number of halogens is 4. The molecule has 0 aromatic heterocycles. The van der Waals surface area contributed by atoms with E-state index in [9.17, 15) is 17.6 Å². The maximum Gasteiger partial charge on any atom is 0.152 e. The topological polar surface area (TPSA) is 35.8 Å². The summed E-state index contributed by atoms with van der Waals surface area (Å²) in [5.41, 5.74) is -0.739. The van der Waals surface area contributed by atoms with Gasteiger partial charge in [0.1, 0.15) is 23.4 Å². The molecule has 0 saturated heterocycles. The van der Waals surface area contributed by atoms with Crippen molar-refractivity contribution in [3.05, 3.63) is 59.2 Å². The second kappa shape index (κ2) is 4.98. The third kappa shape index (κ3) is 2.65. The van der Waals surface area contributed by atoms with Gasteiger partial charge in [0.15, 0.2) is 11.6 Å². The summed E-state index contributed by atoms with van der Waals surface area (Å²) in [5.74, 6) is -4.15. The maximum atomic E-state index is 13.4. The summed E-state index contributed by atoms with van der Waals surface area (Å²) in [5, 5.41) is 10.8. The van der Waals surface area contributed by atoms with Gasteiger partial charge in [-0.05, 0) is 18.2 Å². The Morgan fingerprint density at radius 1 is 0.895 bits per heavy atom. The summed E-state index contributed by atoms with van der Waals surface area (Å²) in [6, 6.07) is 5.99. The number of benzene rings is 2. The monoisotopic (exact) mass is 266 g/mol. The lowest BCUT2D eigenvalue weighted by molar-refractivity contribution is 0.549. The first kappa shape index (κ1) is 12.9. The van der Waals surface area contributed by atoms with Crippen molar-refractivity contribution in [1.29, 1.82) is 5.26 Å². The van der Waals surface area contributed by atoms with Crippen LogP contribution in [-0.4, -0.2) is 0 Å². The first-order valence-electron chi connectivity index (χ1n) is 5.12. The highest BCUT2D eigenvalue weighted by Crippen LogP contribution is 2.25. The van der Waals surface area contributed by atoms with E-state index in [1.807, 2.05) is 0 Å². The van der Waals surface area contributed by atoms with Crippen LogP contribution in [0.15, 0.2) is 30.3 Å². The van der Waals surface area contributed by atoms with Crippen molar-refractivity contribution >= 4 is 11.4 Å². The standard InChI is InChI=1S/C13H6F4N2/c14-8-3-11(16)13(12(17)4-8)19-9-2-1-7(6-18)10(15)5-9/h1-5,19H. The van der Waals surface area contributed by atoms with Gasteiger partial charge in [-0.1, -0.05) is 0 Å². The molecule has 0 unspecified atom stereocenters. The molecule has 2 nitrogen and oxygen atoms in total. The summed E-state index contributed by atoms with van der Waals surface area (Å²) in [6.07, 6.45) is 0. The molecule has 0 aliphatic carbocycles. The van der Waals surface area contributed by atoms with E-state index in [-0.39, 0.29) is 11.3 Å². The van der Waals surface area contributed by atoms with Crippen LogP contribution in [0, 0.1) is 34.6 Å². The van der Waals surface area contributed by atoms with Gasteiger partial charge in [-0.15, -0.1) is 0 Å². The molecular formula is C13H6F4N2. The summed E-state index contributed by atoms with van der Waals surface area (Å²) in [7, 11) is 0. The minimum Gasteiger partial charge on any atom is -0.351 e. The van der Waals surface area contributed by atoms with Gasteiger partial charge >= 0.3 is 0 Å². The maximum absolute atomic E-state index is 13.4. The number of hydrogen-bond acceptors (Lipinski definition) is 2. The second-order valence-electron chi connectivity index (χ2n) is 3.68. The van der Waals surface area contributed by atoms with Crippen LogP contribution in [0.2, 0.25) is 0 Å². The van der Waals surface area contributed by atoms with Crippen LogP contribution >= 0.6 is 0 Å². The summed E-state index contributed by atoms with van der Waals surface area (Å²) < 4.78 is 52.7. The molecule has 19 heavy (non-hydrogen) atoms. The van der Waals surface area contributed by atoms with E-state index in [0.717, 1.165) is 12.1 Å². The average Bonchev–Trinajstić information content (AvgIpc) is 2.34. The Hall–Kier alpha value is -2.55. The lowest BCUT2D eigenvalue weighted by atomic mass is 10.2. The minimum atomic E-state index is -1.14. The third-order valence-electron chi connectivity index (χ3n) is 2.37. The second-order valence-corrected chi connectivity index (χ2v) is 3.68. The van der Waals surface area contributed by atoms with Crippen LogP contribution < -0.4 is 5.32 Å². The largest absolute Gasteiger partial charge is 0.351 e. The fourth-order valence-electron chi connectivity index (χ4n) is 1.49. The molecule has 0 saturated carbocycles. The van der Waals surface area contributed by atoms with Crippen LogP contribution in [0.5, 0.6) is 0 Å². The van der Waals surface area contributed by atoms with E-state index in [1.54, 1.807) is 6.07 Å². The quantitative estimate of drug-likeness (QED) is 0.838. The smallest absolute Gasteiger partial charge is 0.152 e. The molecule has 2 rings (SSSR count). The number of nitrogens with one attached hydrogen (secondary N) is 1. The molecule has 0 amide bonds. The molecule has 6 heteroatoms. The molecule has 0 bridgehead atoms. The van der Waals surface area contributed by atoms with E-state index in [1.165, 1.54) is 6.07 Å². The average molecular weight is 266 g/mol. The minimum absolute atomic E-state index is 0.0425. The fraction of sp³-hybridized carbons (Fsp3) is 0. The van der Waals surface area contributed by atoms with Gasteiger partial charge in [-0.3, -0.25) is 0 Å². The van der Waals surface area contributed by atoms with Crippen molar-refractivity contribution in [3.8, 4) is 6.07 Å². The highest BCUT2D eigenvalue weighted by atomic mass is 19.1. The molecule has 2 aromatic rings. The zero-order chi connectivity index (χ0) is 14.0. The van der Waals surface area contributed by atoms with E-state index in [4.69, 9.17) is 5.26 Å². The summed E-state index contributed by atoms with van der Waals surface area (Å²) >= 11 is 0. The van der Waals surface area contributed by atoms with Crippen molar-refractivity contribution in [3.63, 3.8) is 0 Å². The van der Waals surface area contributed by atoms with E-state index in [2.05, 4.69) is 5.32 Å². The lowest BCUT2D eigenvalue weighted by Gasteiger charge is -2.09. The molecule has 96 valence electrons. The van der Waals surface area contributed by atoms with Crippen molar-refractivity contribution < 1.29 is 17.6 Å². The van der Waals surface area contributed by atoms with Crippen LogP contribution in [-0.2, 0) is 0 Å². The molecule has 0 atom stereocenters. The Labute approximate surface area is 105 Å². The fourth-order valence-corrected chi connectivity index (χ4v) is 1.49. The van der Waals surface area contributed by atoms with Gasteiger partial charge in [0.2, 0.25) is 0 Å². The molecular weight excluding hydrogens is 260 g/mol. The van der Waals surface area contributed by atoms with Crippen LogP contribution in [0.1, 0.15) is 5.56 Å². The molecule has 0 fully saturated rings. The lowest BCUT2D eigenvalue weighted by Crippen LogP contribution is -1.99. The van der Waals surface area contributed by atoms with E-state index < -0.39 is 29.0 Å². The Morgan fingerprint density at radius 2 is 1.53 bits per heavy atom. The normalized spacial score (nSPS) is 10.1. The molecule has 2 aromatic carbocycles. The highest BCUT2D eigenvalue weighted by Gasteiger charge is 2.12. The van der Waals surface area contributed by atoms with Gasteiger partial charge in [0, 0.05) is 17.8 Å². The first-order valence-corrected chi connectivity index (χ1v) is 5.12. The van der Waals surface area contributed by atoms with Crippen LogP contribution in [0.4, 0.5) is 28.9 Å². The number of nitrogens with zero attached hydrogens (tertiary/aromatic N) is 1. The molecule has 0 radical (unpaired) electrons. The Kier molecular flexibility index (Phi) is 3.38. The highest BCUT2D eigenvalue weighted by molar-refractivity contribution is 5.61. The van der Waals surface area contributed by atoms with Gasteiger partial charge in [-0.2, -0.15) is 5.26 Å². The molecule has 0 spiro atoms. The number of rotatable bonds is 2. The van der Waals surface area contributed by atoms with E-state index >= 15 is 0 Å². The molecule has 0 aliphatic rings. The van der Waals surface area contributed by atoms with Gasteiger partial charge in [0.05, 0.1) is 5.56 Å². The van der Waals surface area contributed by atoms with Crippen LogP contribution in [0.3, 0.4) is 0 Å². The number of hydrogen-bond donors (Lipinski definition) is 1. The van der Waals surface area contributed by atoms with E-state index in [0.29, 0.717) is 12.1 Å². The van der Waals surface area contributed by atoms with Crippen molar-refractivity contribution in [2.45, 2.75) is 0 Å². The predicted octanol–water partition coefficient (Wildman–Crippen LogP) is 3.86. The van der Waals surface area contributed by atoms with Gasteiger partial charge in [0.25, 0.3) is 0 Å². The third-order valence-corrected chi connectivity index (χ3v) is 2.37. The van der Waals surface area contributed by atoms with Crippen LogP contribution in [0.25, 0.3) is 0 Å². The van der Waals surface area contributed by atoms with Crippen molar-refractivity contribution in [2.75, 3.05) is 5.32 Å². The Bertz CT molecular complexity index is 654. The Balaban J connectivity index is 2.37. The molecule has 1 N–H and O–H groups in total. The SMILES string of the molecule is N#Cc1ccc(Nc2c(F)cc(F)cc2F)cc1F. The summed E-state index contributed by atoms with van der Waals surface area (Å²) in [6.45, 7) is 0. The predicted molar refractivity (Wildman–Crippen MR) is 60.7 cm³/mol. The number of anilines is 2. The number of nitriles is 1. The van der Waals surface area contributed by atoms with Gasteiger partial charge < -0.3 is 5.32 Å². The summed E-state index contributed by atoms with van der Waals surface area (Å²) in [4.78, 5) is 0. The molecule has 0 aliphatic heterocycles. The van der Waals surface area contributed by atoms with Gasteiger partial charge in [-0.25, -0.2) is 17.6 Å². The Morgan fingerprint density at radius 3 is 2.05 bits per heavy atom. The van der Waals surface area contributed by atoms with Crippen molar-refractivity contribution in [1.82, 2.24) is 0 Å². The molecule has 0 heterocycles. The zero-order valence-corrected chi connectivity index (χ0v) is 9.35. The first-order chi connectivity index (χ1) is 9.01. The zero-order valence-electron chi connectivity index (χ0n) is 9.35. The van der Waals surface area contributed by atoms with Crippen molar-refractivity contribution in [2.24, 2.45) is 0 Å².